The molecule has 1 amide bonds. The molecule has 32 heavy (non-hydrogen) atoms. The van der Waals surface area contributed by atoms with Gasteiger partial charge in [0.15, 0.2) is 11.5 Å². The zero-order valence-corrected chi connectivity index (χ0v) is 19.1. The number of methoxy groups -OCH3 is 1. The molecule has 5 nitrogen and oxygen atoms in total. The van der Waals surface area contributed by atoms with E-state index in [-0.39, 0.29) is 12.2 Å². The minimum Gasteiger partial charge on any atom is -0.493 e. The summed E-state index contributed by atoms with van der Waals surface area (Å²) in [6.07, 6.45) is 1.44. The van der Waals surface area contributed by atoms with Crippen LogP contribution in [0.15, 0.2) is 66.2 Å². The van der Waals surface area contributed by atoms with Gasteiger partial charge in [0.1, 0.15) is 18.2 Å². The quantitative estimate of drug-likeness (QED) is 0.294. The first-order valence-electron chi connectivity index (χ1n) is 9.33. The molecule has 0 bridgehead atoms. The van der Waals surface area contributed by atoms with Crippen LogP contribution in [0, 0.1) is 11.3 Å². The van der Waals surface area contributed by atoms with E-state index in [1.54, 1.807) is 60.7 Å². The zero-order chi connectivity index (χ0) is 23.1. The van der Waals surface area contributed by atoms with Crippen LogP contribution in [0.1, 0.15) is 11.1 Å². The molecule has 0 unspecified atom stereocenters. The number of rotatable bonds is 7. The maximum atomic E-state index is 12.6. The van der Waals surface area contributed by atoms with Crippen LogP contribution in [0.2, 0.25) is 15.1 Å². The van der Waals surface area contributed by atoms with Crippen LogP contribution >= 0.6 is 34.8 Å². The van der Waals surface area contributed by atoms with Crippen molar-refractivity contribution >= 4 is 52.5 Å². The second kappa shape index (κ2) is 10.9. The highest BCUT2D eigenvalue weighted by molar-refractivity contribution is 6.42. The Labute approximate surface area is 200 Å². The Morgan fingerprint density at radius 2 is 1.81 bits per heavy atom. The first kappa shape index (κ1) is 23.5. The number of hydrogen-bond donors (Lipinski definition) is 1. The molecule has 0 spiro atoms. The average Bonchev–Trinajstić information content (AvgIpc) is 2.79. The summed E-state index contributed by atoms with van der Waals surface area (Å²) in [5.41, 5.74) is 1.71. The van der Waals surface area contributed by atoms with Crippen LogP contribution in [-0.2, 0) is 11.4 Å². The van der Waals surface area contributed by atoms with Crippen molar-refractivity contribution in [2.24, 2.45) is 0 Å². The number of ether oxygens (including phenoxy) is 2. The van der Waals surface area contributed by atoms with E-state index in [0.29, 0.717) is 37.8 Å². The lowest BCUT2D eigenvalue weighted by molar-refractivity contribution is -0.112. The molecule has 0 aliphatic heterocycles. The number of hydrogen-bond acceptors (Lipinski definition) is 4. The van der Waals surface area contributed by atoms with Gasteiger partial charge < -0.3 is 14.8 Å². The fraction of sp³-hybridized carbons (Fsp3) is 0.0833. The maximum Gasteiger partial charge on any atom is 0.266 e. The molecule has 3 aromatic carbocycles. The fourth-order valence-electron chi connectivity index (χ4n) is 2.78. The maximum absolute atomic E-state index is 12.6. The minimum absolute atomic E-state index is 0.104. The molecule has 3 aromatic rings. The van der Waals surface area contributed by atoms with Gasteiger partial charge in [-0.05, 0) is 54.1 Å². The van der Waals surface area contributed by atoms with Gasteiger partial charge >= 0.3 is 0 Å². The predicted molar refractivity (Wildman–Crippen MR) is 127 cm³/mol. The van der Waals surface area contributed by atoms with Crippen molar-refractivity contribution < 1.29 is 14.3 Å². The Bertz CT molecular complexity index is 1200. The lowest BCUT2D eigenvalue weighted by atomic mass is 10.1. The second-order valence-electron chi connectivity index (χ2n) is 6.55. The second-order valence-corrected chi connectivity index (χ2v) is 7.80. The van der Waals surface area contributed by atoms with Crippen molar-refractivity contribution in [3.63, 3.8) is 0 Å². The summed E-state index contributed by atoms with van der Waals surface area (Å²) < 4.78 is 11.4. The SMILES string of the molecule is COc1cccc(/C=C(\C#N)C(=O)Nc2ccc(Cl)cc2)c1OCc1ccc(Cl)c(Cl)c1. The van der Waals surface area contributed by atoms with Crippen molar-refractivity contribution in [2.45, 2.75) is 6.61 Å². The van der Waals surface area contributed by atoms with Crippen molar-refractivity contribution in [2.75, 3.05) is 12.4 Å². The fourth-order valence-corrected chi connectivity index (χ4v) is 3.23. The van der Waals surface area contributed by atoms with Gasteiger partial charge in [0.25, 0.3) is 5.91 Å². The molecule has 0 radical (unpaired) electrons. The molecule has 8 heteroatoms. The molecule has 0 aliphatic carbocycles. The minimum atomic E-state index is -0.562. The van der Waals surface area contributed by atoms with Crippen molar-refractivity contribution in [3.8, 4) is 17.6 Å². The number of halogens is 3. The Morgan fingerprint density at radius 3 is 2.47 bits per heavy atom. The third-order valence-corrected chi connectivity index (χ3v) is 5.35. The van der Waals surface area contributed by atoms with Gasteiger partial charge in [-0.15, -0.1) is 0 Å². The number of para-hydroxylation sites is 1. The largest absolute Gasteiger partial charge is 0.493 e. The van der Waals surface area contributed by atoms with Crippen molar-refractivity contribution in [3.05, 3.63) is 92.4 Å². The lowest BCUT2D eigenvalue weighted by Crippen LogP contribution is -2.13. The summed E-state index contributed by atoms with van der Waals surface area (Å²) in [7, 11) is 1.51. The van der Waals surface area contributed by atoms with Crippen LogP contribution in [0.4, 0.5) is 5.69 Å². The van der Waals surface area contributed by atoms with Gasteiger partial charge in [-0.3, -0.25) is 4.79 Å². The zero-order valence-electron chi connectivity index (χ0n) is 16.9. The number of carbonyl (C=O) groups excluding carboxylic acids is 1. The number of amides is 1. The van der Waals surface area contributed by atoms with Crippen LogP contribution in [0.5, 0.6) is 11.5 Å². The number of carbonyl (C=O) groups is 1. The van der Waals surface area contributed by atoms with Crippen LogP contribution in [0.3, 0.4) is 0 Å². The molecule has 3 rings (SSSR count). The molecule has 0 saturated heterocycles. The summed E-state index contributed by atoms with van der Waals surface area (Å²) in [5.74, 6) is 0.274. The van der Waals surface area contributed by atoms with Gasteiger partial charge in [0.05, 0.1) is 17.2 Å². The normalized spacial score (nSPS) is 10.9. The molecule has 162 valence electrons. The van der Waals surface area contributed by atoms with Crippen molar-refractivity contribution in [1.82, 2.24) is 0 Å². The third kappa shape index (κ3) is 5.95. The molecule has 1 N–H and O–H groups in total. The van der Waals surface area contributed by atoms with Gasteiger partial charge in [0.2, 0.25) is 0 Å². The van der Waals surface area contributed by atoms with E-state index in [1.807, 2.05) is 6.07 Å². The summed E-state index contributed by atoms with van der Waals surface area (Å²) in [6, 6.07) is 18.9. The molecular formula is C24H17Cl3N2O3. The topological polar surface area (TPSA) is 71.3 Å². The predicted octanol–water partition coefficient (Wildman–Crippen LogP) is 6.78. The molecule has 0 aromatic heterocycles. The Balaban J connectivity index is 1.87. The summed E-state index contributed by atoms with van der Waals surface area (Å²) in [4.78, 5) is 12.6. The van der Waals surface area contributed by atoms with Gasteiger partial charge in [-0.25, -0.2) is 0 Å². The smallest absolute Gasteiger partial charge is 0.266 e. The monoisotopic (exact) mass is 486 g/mol. The van der Waals surface area contributed by atoms with Gasteiger partial charge in [0, 0.05) is 16.3 Å². The number of nitriles is 1. The van der Waals surface area contributed by atoms with Gasteiger partial charge in [-0.1, -0.05) is 53.0 Å². The lowest BCUT2D eigenvalue weighted by Gasteiger charge is -2.14. The standard InChI is InChI=1S/C24H17Cl3N2O3/c1-31-22-4-2-3-16(23(22)32-14-15-5-10-20(26)21(27)11-15)12-17(13-28)24(30)29-19-8-6-18(25)7-9-19/h2-12H,14H2,1H3,(H,29,30)/b17-12+. The number of nitrogens with zero attached hydrogens (tertiary/aromatic N) is 1. The first-order chi connectivity index (χ1) is 15.4. The van der Waals surface area contributed by atoms with Crippen LogP contribution in [-0.4, -0.2) is 13.0 Å². The summed E-state index contributed by atoms with van der Waals surface area (Å²) in [5, 5.41) is 13.6. The van der Waals surface area contributed by atoms with E-state index < -0.39 is 5.91 Å². The molecule has 0 aliphatic rings. The van der Waals surface area contributed by atoms with E-state index in [1.165, 1.54) is 13.2 Å². The highest BCUT2D eigenvalue weighted by atomic mass is 35.5. The third-order valence-electron chi connectivity index (χ3n) is 4.36. The van der Waals surface area contributed by atoms with Crippen molar-refractivity contribution in [1.29, 1.82) is 5.26 Å². The Morgan fingerprint density at radius 1 is 1.06 bits per heavy atom. The first-order valence-corrected chi connectivity index (χ1v) is 10.5. The Hall–Kier alpha value is -3.17. The van der Waals surface area contributed by atoms with E-state index in [9.17, 15) is 10.1 Å². The van der Waals surface area contributed by atoms with Gasteiger partial charge in [-0.2, -0.15) is 5.26 Å². The number of nitrogens with one attached hydrogen (secondary N) is 1. The summed E-state index contributed by atoms with van der Waals surface area (Å²) in [6.45, 7) is 0.178. The molecule has 0 heterocycles. The van der Waals surface area contributed by atoms with E-state index in [0.717, 1.165) is 5.56 Å². The van der Waals surface area contributed by atoms with Crippen LogP contribution < -0.4 is 14.8 Å². The Kier molecular flexibility index (Phi) is 8.02. The highest BCUT2D eigenvalue weighted by Crippen LogP contribution is 2.34. The average molecular weight is 488 g/mol. The van der Waals surface area contributed by atoms with E-state index in [2.05, 4.69) is 5.32 Å². The van der Waals surface area contributed by atoms with E-state index >= 15 is 0 Å². The molecule has 0 saturated carbocycles. The van der Waals surface area contributed by atoms with Crippen LogP contribution in [0.25, 0.3) is 6.08 Å². The van der Waals surface area contributed by atoms with E-state index in [4.69, 9.17) is 44.3 Å². The molecule has 0 fully saturated rings. The molecular weight excluding hydrogens is 471 g/mol. The summed E-state index contributed by atoms with van der Waals surface area (Å²) >= 11 is 17.9. The number of benzene rings is 3. The number of anilines is 1. The molecule has 0 atom stereocenters. The highest BCUT2D eigenvalue weighted by Gasteiger charge is 2.15.